The van der Waals surface area contributed by atoms with Crippen LogP contribution in [0.5, 0.6) is 5.75 Å². The minimum absolute atomic E-state index is 0.0887. The summed E-state index contributed by atoms with van der Waals surface area (Å²) >= 11 is 5.54. The summed E-state index contributed by atoms with van der Waals surface area (Å²) in [7, 11) is 0. The van der Waals surface area contributed by atoms with Crippen LogP contribution in [0.4, 0.5) is 0 Å². The summed E-state index contributed by atoms with van der Waals surface area (Å²) in [5.74, 6) is -0.00777. The number of ether oxygens (including phenoxy) is 1. The zero-order chi connectivity index (χ0) is 15.0. The van der Waals surface area contributed by atoms with Crippen LogP contribution in [-0.4, -0.2) is 11.0 Å². The molecule has 1 atom stereocenters. The average molecular weight is 301 g/mol. The number of fused-ring (bicyclic) bond motifs is 2. The molecule has 1 aliphatic rings. The molecule has 0 N–H and O–H groups in total. The van der Waals surface area contributed by atoms with Crippen molar-refractivity contribution in [1.29, 1.82) is 0 Å². The molecule has 0 radical (unpaired) electrons. The Morgan fingerprint density at radius 3 is 2.71 bits per heavy atom. The Morgan fingerprint density at radius 1 is 1.19 bits per heavy atom. The van der Waals surface area contributed by atoms with Gasteiger partial charge in [0.15, 0.2) is 5.78 Å². The average Bonchev–Trinajstić information content (AvgIpc) is 2.64. The second-order valence-corrected chi connectivity index (χ2v) is 5.43. The molecule has 0 bridgehead atoms. The highest BCUT2D eigenvalue weighted by Crippen LogP contribution is 2.31. The van der Waals surface area contributed by atoms with E-state index < -0.39 is 11.2 Å². The normalized spacial score (nSPS) is 14.5. The van der Waals surface area contributed by atoms with E-state index in [0.29, 0.717) is 29.0 Å². The second kappa shape index (κ2) is 5.34. The Morgan fingerprint density at radius 2 is 1.95 bits per heavy atom. The molecule has 0 aromatic heterocycles. The molecule has 0 aliphatic carbocycles. The van der Waals surface area contributed by atoms with Crippen LogP contribution >= 0.6 is 11.6 Å². The van der Waals surface area contributed by atoms with Gasteiger partial charge in [-0.15, -0.1) is 0 Å². The molecule has 2 aromatic rings. The van der Waals surface area contributed by atoms with Crippen molar-refractivity contribution in [3.63, 3.8) is 0 Å². The number of ketones is 1. The lowest BCUT2D eigenvalue weighted by Gasteiger charge is -2.11. The van der Waals surface area contributed by atoms with Gasteiger partial charge in [0.1, 0.15) is 12.4 Å². The molecule has 0 saturated carbocycles. The van der Waals surface area contributed by atoms with Gasteiger partial charge >= 0.3 is 0 Å². The first-order chi connectivity index (χ1) is 10.1. The van der Waals surface area contributed by atoms with Crippen LogP contribution in [0.3, 0.4) is 0 Å². The number of carbonyl (C=O) groups is 2. The quantitative estimate of drug-likeness (QED) is 0.795. The lowest BCUT2D eigenvalue weighted by molar-refractivity contribution is -0.112. The fourth-order valence-electron chi connectivity index (χ4n) is 2.42. The Kier molecular flexibility index (Phi) is 3.52. The van der Waals surface area contributed by atoms with E-state index in [2.05, 4.69) is 0 Å². The third-order valence-electron chi connectivity index (χ3n) is 3.73. The van der Waals surface area contributed by atoms with Gasteiger partial charge in [-0.1, -0.05) is 37.3 Å². The molecule has 106 valence electrons. The van der Waals surface area contributed by atoms with Crippen LogP contribution in [-0.2, 0) is 11.4 Å². The van der Waals surface area contributed by atoms with Crippen LogP contribution in [0, 0.1) is 0 Å². The molecule has 0 spiro atoms. The minimum atomic E-state index is -0.455. The van der Waals surface area contributed by atoms with Crippen molar-refractivity contribution in [2.75, 3.05) is 0 Å². The van der Waals surface area contributed by atoms with Crippen molar-refractivity contribution in [2.45, 2.75) is 19.4 Å². The Bertz CT molecular complexity index is 737. The first-order valence-corrected chi connectivity index (χ1v) is 7.04. The van der Waals surface area contributed by atoms with Gasteiger partial charge in [0.2, 0.25) is 5.24 Å². The van der Waals surface area contributed by atoms with Crippen molar-refractivity contribution in [1.82, 2.24) is 0 Å². The van der Waals surface area contributed by atoms with E-state index in [0.717, 1.165) is 5.56 Å². The predicted molar refractivity (Wildman–Crippen MR) is 79.9 cm³/mol. The highest BCUT2D eigenvalue weighted by atomic mass is 35.5. The van der Waals surface area contributed by atoms with Gasteiger partial charge in [0.05, 0.1) is 11.5 Å². The van der Waals surface area contributed by atoms with E-state index in [4.69, 9.17) is 16.3 Å². The van der Waals surface area contributed by atoms with E-state index in [1.54, 1.807) is 31.2 Å². The molecule has 21 heavy (non-hydrogen) atoms. The third kappa shape index (κ3) is 2.45. The van der Waals surface area contributed by atoms with Gasteiger partial charge in [-0.05, 0) is 29.3 Å². The van der Waals surface area contributed by atoms with Crippen molar-refractivity contribution >= 4 is 22.6 Å². The van der Waals surface area contributed by atoms with E-state index in [-0.39, 0.29) is 5.78 Å². The molecule has 0 fully saturated rings. The Labute approximate surface area is 127 Å². The summed E-state index contributed by atoms with van der Waals surface area (Å²) in [6, 6.07) is 12.6. The summed E-state index contributed by atoms with van der Waals surface area (Å²) < 4.78 is 5.70. The first-order valence-electron chi connectivity index (χ1n) is 6.66. The van der Waals surface area contributed by atoms with Crippen molar-refractivity contribution in [2.24, 2.45) is 0 Å². The lowest BCUT2D eigenvalue weighted by Crippen LogP contribution is -2.06. The molecule has 0 saturated heterocycles. The molecule has 0 amide bonds. The van der Waals surface area contributed by atoms with Crippen LogP contribution in [0.25, 0.3) is 0 Å². The fourth-order valence-corrected chi connectivity index (χ4v) is 2.55. The molecule has 4 heteroatoms. The first kappa shape index (κ1) is 13.8. The molecule has 3 nitrogen and oxygen atoms in total. The molecule has 3 rings (SSSR count). The topological polar surface area (TPSA) is 43.4 Å². The van der Waals surface area contributed by atoms with Gasteiger partial charge in [-0.25, -0.2) is 0 Å². The van der Waals surface area contributed by atoms with Crippen molar-refractivity contribution in [3.8, 4) is 5.75 Å². The number of hydrogen-bond donors (Lipinski definition) is 0. The van der Waals surface area contributed by atoms with Crippen LogP contribution in [0.2, 0.25) is 0 Å². The van der Waals surface area contributed by atoms with E-state index in [1.807, 2.05) is 18.2 Å². The largest absolute Gasteiger partial charge is 0.488 e. The molecule has 1 heterocycles. The molecule has 1 aliphatic heterocycles. The SMILES string of the molecule is CC(C(=O)Cl)c1ccc2c(c1)C(=O)c1ccccc1CO2. The standard InChI is InChI=1S/C17H13ClO3/c1-10(17(18)20)11-6-7-15-14(8-11)16(19)13-5-3-2-4-12(13)9-21-15/h2-8,10H,9H2,1H3. The minimum Gasteiger partial charge on any atom is -0.488 e. The Hall–Kier alpha value is -2.13. The zero-order valence-corrected chi connectivity index (χ0v) is 12.2. The fraction of sp³-hybridized carbons (Fsp3) is 0.176. The van der Waals surface area contributed by atoms with Crippen LogP contribution < -0.4 is 4.74 Å². The number of halogens is 1. The van der Waals surface area contributed by atoms with Crippen LogP contribution in [0.15, 0.2) is 42.5 Å². The van der Waals surface area contributed by atoms with Gasteiger partial charge < -0.3 is 4.74 Å². The van der Waals surface area contributed by atoms with Gasteiger partial charge in [0.25, 0.3) is 0 Å². The third-order valence-corrected chi connectivity index (χ3v) is 4.06. The summed E-state index contributed by atoms with van der Waals surface area (Å²) in [6.45, 7) is 2.07. The van der Waals surface area contributed by atoms with Crippen molar-refractivity contribution < 1.29 is 14.3 Å². The Balaban J connectivity index is 2.11. The highest BCUT2D eigenvalue weighted by Gasteiger charge is 2.24. The maximum atomic E-state index is 12.7. The zero-order valence-electron chi connectivity index (χ0n) is 11.4. The summed E-state index contributed by atoms with van der Waals surface area (Å²) in [5, 5.41) is -0.447. The second-order valence-electron chi connectivity index (χ2n) is 5.06. The number of carbonyl (C=O) groups excluding carboxylic acids is 2. The summed E-state index contributed by atoms with van der Waals surface area (Å²) in [4.78, 5) is 24.0. The maximum Gasteiger partial charge on any atom is 0.228 e. The van der Waals surface area contributed by atoms with E-state index in [9.17, 15) is 9.59 Å². The lowest BCUT2D eigenvalue weighted by atomic mass is 9.94. The smallest absolute Gasteiger partial charge is 0.228 e. The van der Waals surface area contributed by atoms with Crippen molar-refractivity contribution in [3.05, 3.63) is 64.7 Å². The van der Waals surface area contributed by atoms with Gasteiger partial charge in [-0.2, -0.15) is 0 Å². The number of benzene rings is 2. The van der Waals surface area contributed by atoms with E-state index >= 15 is 0 Å². The van der Waals surface area contributed by atoms with E-state index in [1.165, 1.54) is 0 Å². The molecule has 2 aromatic carbocycles. The van der Waals surface area contributed by atoms with Gasteiger partial charge in [0, 0.05) is 11.1 Å². The number of hydrogen-bond acceptors (Lipinski definition) is 3. The number of rotatable bonds is 2. The predicted octanol–water partition coefficient (Wildman–Crippen LogP) is 3.68. The molecular formula is C17H13ClO3. The monoisotopic (exact) mass is 300 g/mol. The molecule has 1 unspecified atom stereocenters. The maximum absolute atomic E-state index is 12.7. The summed E-state index contributed by atoms with van der Waals surface area (Å²) in [6.07, 6.45) is 0. The molecular weight excluding hydrogens is 288 g/mol. The van der Waals surface area contributed by atoms with Gasteiger partial charge in [-0.3, -0.25) is 9.59 Å². The van der Waals surface area contributed by atoms with Crippen LogP contribution in [0.1, 0.15) is 39.9 Å². The highest BCUT2D eigenvalue weighted by molar-refractivity contribution is 6.64. The summed E-state index contributed by atoms with van der Waals surface area (Å²) in [5.41, 5.74) is 2.69.